The van der Waals surface area contributed by atoms with Gasteiger partial charge in [-0.3, -0.25) is 14.3 Å². The van der Waals surface area contributed by atoms with E-state index in [9.17, 15) is 14.0 Å². The van der Waals surface area contributed by atoms with E-state index in [1.54, 1.807) is 10.7 Å². The number of carbonyl (C=O) groups is 2. The number of aliphatic hydroxyl groups is 1. The number of amides is 2. The van der Waals surface area contributed by atoms with E-state index in [-0.39, 0.29) is 18.8 Å². The first-order chi connectivity index (χ1) is 14.2. The molecule has 162 valence electrons. The highest BCUT2D eigenvalue weighted by Crippen LogP contribution is 2.23. The molecule has 0 fully saturated rings. The van der Waals surface area contributed by atoms with Crippen LogP contribution in [-0.4, -0.2) is 45.9 Å². The number of nitriles is 1. The molecule has 0 aliphatic rings. The SMILES string of the molecule is CC(C)(C)C(NC(=O)c1nn(CCCCC#N)c2ccc(F)cc12)C(=O)NCCO. The Labute approximate surface area is 175 Å². The zero-order chi connectivity index (χ0) is 22.3. The number of halogens is 1. The lowest BCUT2D eigenvalue weighted by Gasteiger charge is -2.30. The van der Waals surface area contributed by atoms with Crippen LogP contribution >= 0.6 is 0 Å². The zero-order valence-electron chi connectivity index (χ0n) is 17.5. The van der Waals surface area contributed by atoms with Crippen LogP contribution in [0, 0.1) is 22.6 Å². The third-order valence-electron chi connectivity index (χ3n) is 4.65. The average molecular weight is 417 g/mol. The van der Waals surface area contributed by atoms with Gasteiger partial charge >= 0.3 is 0 Å². The predicted molar refractivity (Wildman–Crippen MR) is 110 cm³/mol. The lowest BCUT2D eigenvalue weighted by atomic mass is 9.86. The quantitative estimate of drug-likeness (QED) is 0.540. The first kappa shape index (κ1) is 23.3. The summed E-state index contributed by atoms with van der Waals surface area (Å²) in [6, 6.07) is 5.33. The number of carbonyl (C=O) groups excluding carboxylic acids is 2. The molecular weight excluding hydrogens is 389 g/mol. The Morgan fingerprint density at radius 2 is 2.07 bits per heavy atom. The van der Waals surface area contributed by atoms with Crippen LogP contribution in [0.2, 0.25) is 0 Å². The first-order valence-corrected chi connectivity index (χ1v) is 9.91. The van der Waals surface area contributed by atoms with Crippen LogP contribution < -0.4 is 10.6 Å². The second-order valence-corrected chi connectivity index (χ2v) is 8.14. The van der Waals surface area contributed by atoms with Crippen molar-refractivity contribution in [1.29, 1.82) is 5.26 Å². The minimum absolute atomic E-state index is 0.0361. The van der Waals surface area contributed by atoms with Gasteiger partial charge in [-0.25, -0.2) is 4.39 Å². The van der Waals surface area contributed by atoms with Crippen LogP contribution in [-0.2, 0) is 11.3 Å². The number of hydrogen-bond donors (Lipinski definition) is 3. The molecule has 30 heavy (non-hydrogen) atoms. The Hall–Kier alpha value is -2.99. The summed E-state index contributed by atoms with van der Waals surface area (Å²) in [5, 5.41) is 27.6. The molecule has 0 spiro atoms. The van der Waals surface area contributed by atoms with Crippen molar-refractivity contribution in [3.8, 4) is 6.07 Å². The van der Waals surface area contributed by atoms with Gasteiger partial charge in [0.15, 0.2) is 5.69 Å². The lowest BCUT2D eigenvalue weighted by Crippen LogP contribution is -2.54. The van der Waals surface area contributed by atoms with Gasteiger partial charge in [-0.2, -0.15) is 10.4 Å². The van der Waals surface area contributed by atoms with E-state index in [0.29, 0.717) is 36.7 Å². The second-order valence-electron chi connectivity index (χ2n) is 8.14. The highest BCUT2D eigenvalue weighted by atomic mass is 19.1. The van der Waals surface area contributed by atoms with Crippen LogP contribution in [0.15, 0.2) is 18.2 Å². The number of nitrogens with zero attached hydrogens (tertiary/aromatic N) is 3. The highest BCUT2D eigenvalue weighted by Gasteiger charge is 2.34. The van der Waals surface area contributed by atoms with Gasteiger partial charge in [-0.15, -0.1) is 0 Å². The number of aryl methyl sites for hydroxylation is 1. The molecule has 8 nitrogen and oxygen atoms in total. The maximum absolute atomic E-state index is 13.9. The van der Waals surface area contributed by atoms with E-state index >= 15 is 0 Å². The summed E-state index contributed by atoms with van der Waals surface area (Å²) in [6.07, 6.45) is 1.81. The standard InChI is InChI=1S/C21H28FN5O3/c1-21(2,3)18(20(30)24-10-12-28)25-19(29)17-15-13-14(22)7-8-16(15)27(26-17)11-6-4-5-9-23/h7-8,13,18,28H,4-6,10-12H2,1-3H3,(H,24,30)(H,25,29). The normalized spacial score (nSPS) is 12.4. The van der Waals surface area contributed by atoms with Crippen molar-refractivity contribution in [1.82, 2.24) is 20.4 Å². The minimum Gasteiger partial charge on any atom is -0.395 e. The van der Waals surface area contributed by atoms with Crippen LogP contribution in [0.4, 0.5) is 4.39 Å². The van der Waals surface area contributed by atoms with Crippen molar-refractivity contribution >= 4 is 22.7 Å². The number of fused-ring (bicyclic) bond motifs is 1. The molecule has 1 unspecified atom stereocenters. The Balaban J connectivity index is 2.33. The summed E-state index contributed by atoms with van der Waals surface area (Å²) in [6.45, 7) is 5.77. The summed E-state index contributed by atoms with van der Waals surface area (Å²) in [7, 11) is 0. The van der Waals surface area contributed by atoms with Gasteiger partial charge in [-0.05, 0) is 36.5 Å². The first-order valence-electron chi connectivity index (χ1n) is 9.91. The molecule has 3 N–H and O–H groups in total. The third kappa shape index (κ3) is 5.76. The molecule has 1 aromatic carbocycles. The summed E-state index contributed by atoms with van der Waals surface area (Å²) in [4.78, 5) is 25.5. The monoisotopic (exact) mass is 417 g/mol. The van der Waals surface area contributed by atoms with Crippen LogP contribution in [0.25, 0.3) is 10.9 Å². The maximum Gasteiger partial charge on any atom is 0.273 e. The van der Waals surface area contributed by atoms with Crippen LogP contribution in [0.1, 0.15) is 50.5 Å². The molecule has 0 saturated heterocycles. The molecule has 0 bridgehead atoms. The summed E-state index contributed by atoms with van der Waals surface area (Å²) in [5.41, 5.74) is 0.0420. The fraction of sp³-hybridized carbons (Fsp3) is 0.524. The van der Waals surface area contributed by atoms with Crippen molar-refractivity contribution in [2.24, 2.45) is 5.41 Å². The molecule has 2 amide bonds. The average Bonchev–Trinajstić information content (AvgIpc) is 3.04. The van der Waals surface area contributed by atoms with E-state index in [1.165, 1.54) is 12.1 Å². The lowest BCUT2D eigenvalue weighted by molar-refractivity contribution is -0.125. The molecule has 0 aliphatic heterocycles. The molecule has 0 radical (unpaired) electrons. The van der Waals surface area contributed by atoms with Gasteiger partial charge in [0.2, 0.25) is 5.91 Å². The van der Waals surface area contributed by atoms with Crippen molar-refractivity contribution in [2.45, 2.75) is 52.6 Å². The van der Waals surface area contributed by atoms with Crippen LogP contribution in [0.3, 0.4) is 0 Å². The van der Waals surface area contributed by atoms with Gasteiger partial charge in [0.25, 0.3) is 5.91 Å². The van der Waals surface area contributed by atoms with E-state index in [1.807, 2.05) is 20.8 Å². The van der Waals surface area contributed by atoms with E-state index in [4.69, 9.17) is 10.4 Å². The molecule has 1 heterocycles. The van der Waals surface area contributed by atoms with Gasteiger partial charge in [0.1, 0.15) is 11.9 Å². The van der Waals surface area contributed by atoms with E-state index < -0.39 is 29.1 Å². The summed E-state index contributed by atoms with van der Waals surface area (Å²) in [5.74, 6) is -1.49. The van der Waals surface area contributed by atoms with Gasteiger partial charge in [0, 0.05) is 24.9 Å². The fourth-order valence-electron chi connectivity index (χ4n) is 3.11. The third-order valence-corrected chi connectivity index (χ3v) is 4.65. The number of hydrogen-bond acceptors (Lipinski definition) is 5. The van der Waals surface area contributed by atoms with Gasteiger partial charge in [-0.1, -0.05) is 20.8 Å². The summed E-state index contributed by atoms with van der Waals surface area (Å²) >= 11 is 0. The number of unbranched alkanes of at least 4 members (excludes halogenated alkanes) is 2. The Morgan fingerprint density at radius 1 is 1.33 bits per heavy atom. The van der Waals surface area contributed by atoms with Crippen molar-refractivity contribution in [2.75, 3.05) is 13.2 Å². The second kappa shape index (κ2) is 10.2. The van der Waals surface area contributed by atoms with Crippen molar-refractivity contribution < 1.29 is 19.1 Å². The molecule has 9 heteroatoms. The number of nitrogens with one attached hydrogen (secondary N) is 2. The largest absolute Gasteiger partial charge is 0.395 e. The topological polar surface area (TPSA) is 120 Å². The molecule has 1 atom stereocenters. The summed E-state index contributed by atoms with van der Waals surface area (Å²) < 4.78 is 15.5. The van der Waals surface area contributed by atoms with Crippen LogP contribution in [0.5, 0.6) is 0 Å². The van der Waals surface area contributed by atoms with Crippen molar-refractivity contribution in [3.63, 3.8) is 0 Å². The number of aliphatic hydroxyl groups excluding tert-OH is 1. The highest BCUT2D eigenvalue weighted by molar-refractivity contribution is 6.06. The molecule has 2 aromatic rings. The molecule has 1 aromatic heterocycles. The Kier molecular flexibility index (Phi) is 7.89. The smallest absolute Gasteiger partial charge is 0.273 e. The van der Waals surface area contributed by atoms with E-state index in [2.05, 4.69) is 21.8 Å². The molecule has 0 aliphatic carbocycles. The molecule has 0 saturated carbocycles. The van der Waals surface area contributed by atoms with E-state index in [0.717, 1.165) is 0 Å². The minimum atomic E-state index is -0.874. The number of rotatable bonds is 9. The Morgan fingerprint density at radius 3 is 2.70 bits per heavy atom. The predicted octanol–water partition coefficient (Wildman–Crippen LogP) is 2.12. The maximum atomic E-state index is 13.9. The van der Waals surface area contributed by atoms with Crippen molar-refractivity contribution in [3.05, 3.63) is 29.7 Å². The zero-order valence-corrected chi connectivity index (χ0v) is 17.5. The molecular formula is C21H28FN5O3. The van der Waals surface area contributed by atoms with Gasteiger partial charge in [0.05, 0.1) is 18.2 Å². The Bertz CT molecular complexity index is 942. The molecule has 2 rings (SSSR count). The number of aromatic nitrogens is 2. The van der Waals surface area contributed by atoms with Gasteiger partial charge < -0.3 is 15.7 Å². The fourth-order valence-corrected chi connectivity index (χ4v) is 3.11. The number of benzene rings is 1.